The Morgan fingerprint density at radius 2 is 0.931 bits per heavy atom. The van der Waals surface area contributed by atoms with E-state index in [0.29, 0.717) is 13.2 Å². The van der Waals surface area contributed by atoms with Crippen molar-refractivity contribution in [2.75, 3.05) is 26.4 Å². The Bertz CT molecular complexity index is 347. The van der Waals surface area contributed by atoms with E-state index in [1.807, 2.05) is 13.8 Å². The molecule has 169 valence electrons. The van der Waals surface area contributed by atoms with Gasteiger partial charge < -0.3 is 19.7 Å². The minimum atomic E-state index is -0.440. The van der Waals surface area contributed by atoms with Gasteiger partial charge in [-0.15, -0.1) is 13.2 Å². The minimum Gasteiger partial charge on any atom is -0.854 e. The van der Waals surface area contributed by atoms with Crippen LogP contribution in [0.4, 0.5) is 0 Å². The maximum atomic E-state index is 10.4. The van der Waals surface area contributed by atoms with E-state index in [1.165, 1.54) is 13.8 Å². The van der Waals surface area contributed by atoms with Crippen LogP contribution in [0.2, 0.25) is 0 Å². The molecular weight excluding hydrogens is 395 g/mol. The third kappa shape index (κ3) is 58.4. The molecule has 1 radical (unpaired) electrons. The van der Waals surface area contributed by atoms with Gasteiger partial charge in [0.2, 0.25) is 0 Å². The standard InChI is InChI=1S/2C6H10O3.2C4H9O.Al/c2*1-3-9-6(8)4-5(2)7;2*1-2-3-4-5;/h2*3-4H2,1-2H3;2*2-4H2,1H3;/q;;2*-1;+2. The number of unbranched alkanes of at least 4 members (excludes halogenated alkanes) is 2. The molecule has 9 heteroatoms. The number of carbonyl (C=O) groups is 4. The summed E-state index contributed by atoms with van der Waals surface area (Å²) in [4.78, 5) is 41.3. The summed E-state index contributed by atoms with van der Waals surface area (Å²) in [6.45, 7) is 11.0. The molecule has 0 aliphatic carbocycles. The summed E-state index contributed by atoms with van der Waals surface area (Å²) >= 11 is 0. The Morgan fingerprint density at radius 1 is 0.655 bits per heavy atom. The molecular formula is C20H38AlO8. The van der Waals surface area contributed by atoms with Gasteiger partial charge in [0.1, 0.15) is 24.4 Å². The number of ketones is 2. The first-order valence-electron chi connectivity index (χ1n) is 9.62. The third-order valence-corrected chi connectivity index (χ3v) is 2.39. The van der Waals surface area contributed by atoms with Crippen LogP contribution >= 0.6 is 0 Å². The van der Waals surface area contributed by atoms with E-state index in [4.69, 9.17) is 0 Å². The van der Waals surface area contributed by atoms with E-state index in [-0.39, 0.29) is 55.0 Å². The zero-order chi connectivity index (χ0) is 22.8. The zero-order valence-electron chi connectivity index (χ0n) is 18.9. The molecule has 0 amide bonds. The Hall–Kier alpha value is -1.27. The number of rotatable bonds is 10. The van der Waals surface area contributed by atoms with Crippen LogP contribution in [0.3, 0.4) is 0 Å². The Labute approximate surface area is 186 Å². The van der Waals surface area contributed by atoms with Gasteiger partial charge in [-0.05, 0) is 27.7 Å². The summed E-state index contributed by atoms with van der Waals surface area (Å²) in [5, 5.41) is 19.1. The van der Waals surface area contributed by atoms with Crippen molar-refractivity contribution in [2.24, 2.45) is 0 Å². The third-order valence-electron chi connectivity index (χ3n) is 2.39. The number of Topliss-reactive ketones (excluding diaryl/α,β-unsaturated/α-hetero) is 2. The Morgan fingerprint density at radius 3 is 1.03 bits per heavy atom. The van der Waals surface area contributed by atoms with Crippen LogP contribution in [0.1, 0.15) is 80.1 Å². The summed E-state index contributed by atoms with van der Waals surface area (Å²) in [7, 11) is 0. The summed E-state index contributed by atoms with van der Waals surface area (Å²) in [5.74, 6) is -1.20. The van der Waals surface area contributed by atoms with Crippen LogP contribution in [-0.2, 0) is 28.7 Å². The predicted octanol–water partition coefficient (Wildman–Crippen LogP) is 0.970. The Kier molecular flexibility index (Phi) is 45.3. The van der Waals surface area contributed by atoms with Gasteiger partial charge in [0, 0.05) is 0 Å². The van der Waals surface area contributed by atoms with E-state index in [0.717, 1.165) is 25.7 Å². The first-order valence-corrected chi connectivity index (χ1v) is 9.62. The summed E-state index contributed by atoms with van der Waals surface area (Å²) in [6, 6.07) is 0. The molecule has 0 rings (SSSR count). The summed E-state index contributed by atoms with van der Waals surface area (Å²) < 4.78 is 8.99. The van der Waals surface area contributed by atoms with Crippen LogP contribution in [0, 0.1) is 0 Å². The fourth-order valence-corrected chi connectivity index (χ4v) is 1.12. The van der Waals surface area contributed by atoms with Crippen molar-refractivity contribution in [1.29, 1.82) is 0 Å². The molecule has 0 atom stereocenters. The fourth-order valence-electron chi connectivity index (χ4n) is 1.12. The van der Waals surface area contributed by atoms with Crippen molar-refractivity contribution < 1.29 is 38.9 Å². The topological polar surface area (TPSA) is 133 Å². The molecule has 8 nitrogen and oxygen atoms in total. The van der Waals surface area contributed by atoms with Gasteiger partial charge in [-0.1, -0.05) is 39.5 Å². The maximum absolute atomic E-state index is 10.4. The van der Waals surface area contributed by atoms with Crippen LogP contribution in [0.25, 0.3) is 0 Å². The van der Waals surface area contributed by atoms with Gasteiger partial charge in [0.15, 0.2) is 0 Å². The van der Waals surface area contributed by atoms with Gasteiger partial charge in [0.25, 0.3) is 0 Å². The minimum absolute atomic E-state index is 0. The molecule has 0 heterocycles. The fraction of sp³-hybridized carbons (Fsp3) is 0.800. The van der Waals surface area contributed by atoms with Crippen molar-refractivity contribution in [3.8, 4) is 0 Å². The molecule has 0 aromatic rings. The second-order valence-corrected chi connectivity index (χ2v) is 5.48. The molecule has 0 aliphatic rings. The van der Waals surface area contributed by atoms with E-state index < -0.39 is 11.9 Å². The number of ether oxygens (including phenoxy) is 2. The molecule has 0 saturated carbocycles. The molecule has 0 saturated heterocycles. The van der Waals surface area contributed by atoms with Crippen LogP contribution in [0.5, 0.6) is 0 Å². The van der Waals surface area contributed by atoms with Gasteiger partial charge in [-0.2, -0.15) is 0 Å². The number of hydrogen-bond acceptors (Lipinski definition) is 8. The SMILES string of the molecule is CCCC[O-].CCCC[O-].CCOC(=O)CC(C)=O.CCOC(=O)CC(C)=O.[Al+2]. The molecule has 0 bridgehead atoms. The molecule has 29 heavy (non-hydrogen) atoms. The smallest absolute Gasteiger partial charge is 0.854 e. The summed E-state index contributed by atoms with van der Waals surface area (Å²) in [6.07, 6.45) is 3.52. The second kappa shape index (κ2) is 34.3. The maximum Gasteiger partial charge on any atom is 2.00 e. The molecule has 0 aromatic heterocycles. The van der Waals surface area contributed by atoms with Crippen LogP contribution < -0.4 is 10.2 Å². The molecule has 0 unspecified atom stereocenters. The monoisotopic (exact) mass is 433 g/mol. The average molecular weight is 433 g/mol. The van der Waals surface area contributed by atoms with Crippen molar-refractivity contribution >= 4 is 40.9 Å². The zero-order valence-corrected chi connectivity index (χ0v) is 20.1. The van der Waals surface area contributed by atoms with Crippen molar-refractivity contribution in [2.45, 2.75) is 80.1 Å². The number of esters is 2. The molecule has 0 aliphatic heterocycles. The van der Waals surface area contributed by atoms with E-state index in [1.54, 1.807) is 13.8 Å². The van der Waals surface area contributed by atoms with Gasteiger partial charge >= 0.3 is 29.3 Å². The van der Waals surface area contributed by atoms with E-state index in [9.17, 15) is 29.4 Å². The molecule has 0 spiro atoms. The van der Waals surface area contributed by atoms with Gasteiger partial charge in [-0.3, -0.25) is 19.2 Å². The largest absolute Gasteiger partial charge is 2.00 e. The first kappa shape index (κ1) is 38.4. The molecule has 0 aromatic carbocycles. The van der Waals surface area contributed by atoms with Crippen LogP contribution in [-0.4, -0.2) is 67.3 Å². The quantitative estimate of drug-likeness (QED) is 0.283. The van der Waals surface area contributed by atoms with Gasteiger partial charge in [-0.25, -0.2) is 0 Å². The first-order chi connectivity index (χ1) is 13.2. The Balaban J connectivity index is -0.0000000907. The average Bonchev–Trinajstić information content (AvgIpc) is 2.57. The normalized spacial score (nSPS) is 8.28. The van der Waals surface area contributed by atoms with E-state index in [2.05, 4.69) is 9.47 Å². The predicted molar refractivity (Wildman–Crippen MR) is 109 cm³/mol. The number of carbonyl (C=O) groups excluding carboxylic acids is 4. The molecule has 0 fully saturated rings. The van der Waals surface area contributed by atoms with Gasteiger partial charge in [0.05, 0.1) is 13.2 Å². The summed E-state index contributed by atoms with van der Waals surface area (Å²) in [5.41, 5.74) is 0. The van der Waals surface area contributed by atoms with Crippen molar-refractivity contribution in [3.63, 3.8) is 0 Å². The second-order valence-electron chi connectivity index (χ2n) is 5.48. The molecule has 0 N–H and O–H groups in total. The van der Waals surface area contributed by atoms with Crippen molar-refractivity contribution in [1.82, 2.24) is 0 Å². The van der Waals surface area contributed by atoms with Crippen LogP contribution in [0.15, 0.2) is 0 Å². The van der Waals surface area contributed by atoms with Crippen molar-refractivity contribution in [3.05, 3.63) is 0 Å². The van der Waals surface area contributed by atoms with E-state index >= 15 is 0 Å². The number of hydrogen-bond donors (Lipinski definition) is 0.